The highest BCUT2D eigenvalue weighted by molar-refractivity contribution is 5.92. The quantitative estimate of drug-likeness (QED) is 0.762. The fraction of sp³-hybridized carbons (Fsp3) is 0.250. The number of halogens is 2. The smallest absolute Gasteiger partial charge is 0.306 e. The van der Waals surface area contributed by atoms with E-state index < -0.39 is 12.3 Å². The molecule has 5 heteroatoms. The van der Waals surface area contributed by atoms with Crippen molar-refractivity contribution in [3.8, 4) is 0 Å². The van der Waals surface area contributed by atoms with Gasteiger partial charge in [-0.25, -0.2) is 4.98 Å². The molecule has 13 heavy (non-hydrogen) atoms. The summed E-state index contributed by atoms with van der Waals surface area (Å²) in [6.45, 7) is 1.71. The van der Waals surface area contributed by atoms with Gasteiger partial charge in [0.1, 0.15) is 5.82 Å². The summed E-state index contributed by atoms with van der Waals surface area (Å²) >= 11 is 0. The molecular formula is C8H8F2N2O. The number of nitrogens with zero attached hydrogens (tertiary/aromatic N) is 1. The molecule has 0 aliphatic rings. The monoisotopic (exact) mass is 186 g/mol. The molecule has 0 aliphatic carbocycles. The molecule has 0 spiro atoms. The lowest BCUT2D eigenvalue weighted by atomic mass is 10.4. The lowest BCUT2D eigenvalue weighted by Gasteiger charge is -2.03. The molecule has 1 amide bonds. The third kappa shape index (κ3) is 2.77. The van der Waals surface area contributed by atoms with Crippen LogP contribution in [0.1, 0.15) is 5.69 Å². The van der Waals surface area contributed by atoms with Crippen molar-refractivity contribution in [3.05, 3.63) is 23.9 Å². The van der Waals surface area contributed by atoms with E-state index in [1.165, 1.54) is 6.07 Å². The topological polar surface area (TPSA) is 42.0 Å². The van der Waals surface area contributed by atoms with Crippen molar-refractivity contribution in [3.63, 3.8) is 0 Å². The Morgan fingerprint density at radius 1 is 1.54 bits per heavy atom. The second-order valence-electron chi connectivity index (χ2n) is 2.45. The van der Waals surface area contributed by atoms with Gasteiger partial charge in [0.15, 0.2) is 0 Å². The minimum Gasteiger partial charge on any atom is -0.306 e. The molecule has 0 aromatic carbocycles. The highest BCUT2D eigenvalue weighted by Gasteiger charge is 2.15. The van der Waals surface area contributed by atoms with Crippen LogP contribution in [0.3, 0.4) is 0 Å². The van der Waals surface area contributed by atoms with Gasteiger partial charge >= 0.3 is 6.43 Å². The molecule has 1 N–H and O–H groups in total. The predicted molar refractivity (Wildman–Crippen MR) is 43.6 cm³/mol. The Labute approximate surface area is 73.8 Å². The summed E-state index contributed by atoms with van der Waals surface area (Å²) in [7, 11) is 0. The molecule has 1 rings (SSSR count). The van der Waals surface area contributed by atoms with Crippen LogP contribution in [0.5, 0.6) is 0 Å². The van der Waals surface area contributed by atoms with Gasteiger partial charge in [0.05, 0.1) is 0 Å². The van der Waals surface area contributed by atoms with Crippen LogP contribution in [0.25, 0.3) is 0 Å². The van der Waals surface area contributed by atoms with Crippen molar-refractivity contribution in [2.45, 2.75) is 13.3 Å². The van der Waals surface area contributed by atoms with Gasteiger partial charge in [-0.2, -0.15) is 8.78 Å². The molecule has 3 nitrogen and oxygen atoms in total. The van der Waals surface area contributed by atoms with Gasteiger partial charge in [-0.1, -0.05) is 6.07 Å². The van der Waals surface area contributed by atoms with E-state index in [0.29, 0.717) is 5.69 Å². The number of hydrogen-bond donors (Lipinski definition) is 1. The number of alkyl halides is 2. The molecule has 1 heterocycles. The zero-order valence-corrected chi connectivity index (χ0v) is 6.92. The number of amides is 1. The average molecular weight is 186 g/mol. The SMILES string of the molecule is Cc1cccc(NC(=O)C(F)F)n1. The van der Waals surface area contributed by atoms with E-state index in [4.69, 9.17) is 0 Å². The Hall–Kier alpha value is -1.52. The van der Waals surface area contributed by atoms with Crippen molar-refractivity contribution in [1.82, 2.24) is 4.98 Å². The van der Waals surface area contributed by atoms with Crippen LogP contribution >= 0.6 is 0 Å². The van der Waals surface area contributed by atoms with E-state index in [9.17, 15) is 13.6 Å². The number of rotatable bonds is 2. The number of pyridine rings is 1. The molecule has 0 saturated carbocycles. The van der Waals surface area contributed by atoms with Gasteiger partial charge in [-0.3, -0.25) is 4.79 Å². The minimum atomic E-state index is -3.01. The van der Waals surface area contributed by atoms with Crippen LogP contribution in [-0.2, 0) is 4.79 Å². The van der Waals surface area contributed by atoms with E-state index in [0.717, 1.165) is 0 Å². The van der Waals surface area contributed by atoms with Gasteiger partial charge in [-0.05, 0) is 19.1 Å². The van der Waals surface area contributed by atoms with Crippen LogP contribution in [0.4, 0.5) is 14.6 Å². The Morgan fingerprint density at radius 3 is 2.77 bits per heavy atom. The number of aromatic nitrogens is 1. The molecule has 0 fully saturated rings. The number of nitrogens with one attached hydrogen (secondary N) is 1. The summed E-state index contributed by atoms with van der Waals surface area (Å²) in [6, 6.07) is 4.79. The number of anilines is 1. The highest BCUT2D eigenvalue weighted by atomic mass is 19.3. The molecule has 1 aromatic heterocycles. The van der Waals surface area contributed by atoms with Gasteiger partial charge < -0.3 is 5.32 Å². The molecule has 0 atom stereocenters. The summed E-state index contributed by atoms with van der Waals surface area (Å²) < 4.78 is 23.5. The van der Waals surface area contributed by atoms with Crippen LogP contribution in [-0.4, -0.2) is 17.3 Å². The van der Waals surface area contributed by atoms with E-state index in [2.05, 4.69) is 4.98 Å². The molecule has 70 valence electrons. The van der Waals surface area contributed by atoms with Gasteiger partial charge in [-0.15, -0.1) is 0 Å². The average Bonchev–Trinajstić information content (AvgIpc) is 2.04. The van der Waals surface area contributed by atoms with Crippen LogP contribution in [0.15, 0.2) is 18.2 Å². The number of hydrogen-bond acceptors (Lipinski definition) is 2. The maximum atomic E-state index is 11.8. The number of carbonyl (C=O) groups excluding carboxylic acids is 1. The van der Waals surface area contributed by atoms with Crippen molar-refractivity contribution in [2.75, 3.05) is 5.32 Å². The lowest BCUT2D eigenvalue weighted by molar-refractivity contribution is -0.126. The normalized spacial score (nSPS) is 10.2. The maximum absolute atomic E-state index is 11.8. The van der Waals surface area contributed by atoms with Crippen molar-refractivity contribution in [2.24, 2.45) is 0 Å². The summed E-state index contributed by atoms with van der Waals surface area (Å²) in [5.41, 5.74) is 0.659. The lowest BCUT2D eigenvalue weighted by Crippen LogP contribution is -2.20. The number of carbonyl (C=O) groups is 1. The van der Waals surface area contributed by atoms with E-state index in [1.807, 2.05) is 5.32 Å². The summed E-state index contributed by atoms with van der Waals surface area (Å²) in [5.74, 6) is -1.19. The van der Waals surface area contributed by atoms with Crippen LogP contribution < -0.4 is 5.32 Å². The number of aryl methyl sites for hydroxylation is 1. The highest BCUT2D eigenvalue weighted by Crippen LogP contribution is 2.05. The first-order valence-corrected chi connectivity index (χ1v) is 3.62. The van der Waals surface area contributed by atoms with Crippen molar-refractivity contribution in [1.29, 1.82) is 0 Å². The van der Waals surface area contributed by atoms with E-state index in [1.54, 1.807) is 19.1 Å². The predicted octanol–water partition coefficient (Wildman–Crippen LogP) is 1.59. The van der Waals surface area contributed by atoms with Gasteiger partial charge in [0, 0.05) is 5.69 Å². The summed E-state index contributed by atoms with van der Waals surface area (Å²) in [6.07, 6.45) is -3.01. The minimum absolute atomic E-state index is 0.144. The Kier molecular flexibility index (Phi) is 2.89. The molecule has 0 aliphatic heterocycles. The first-order chi connectivity index (χ1) is 6.09. The van der Waals surface area contributed by atoms with Gasteiger partial charge in [0.25, 0.3) is 5.91 Å². The van der Waals surface area contributed by atoms with Crippen LogP contribution in [0, 0.1) is 6.92 Å². The van der Waals surface area contributed by atoms with Crippen molar-refractivity contribution < 1.29 is 13.6 Å². The molecule has 0 unspecified atom stereocenters. The fourth-order valence-corrected chi connectivity index (χ4v) is 0.793. The third-order valence-corrected chi connectivity index (χ3v) is 1.34. The second-order valence-corrected chi connectivity index (χ2v) is 2.45. The fourth-order valence-electron chi connectivity index (χ4n) is 0.793. The van der Waals surface area contributed by atoms with E-state index >= 15 is 0 Å². The second kappa shape index (κ2) is 3.93. The molecule has 0 bridgehead atoms. The van der Waals surface area contributed by atoms with Crippen molar-refractivity contribution >= 4 is 11.7 Å². The third-order valence-electron chi connectivity index (χ3n) is 1.34. The standard InChI is InChI=1S/C8H8F2N2O/c1-5-3-2-4-6(11-5)12-8(13)7(9)10/h2-4,7H,1H3,(H,11,12,13). The Bertz CT molecular complexity index is 315. The molecular weight excluding hydrogens is 178 g/mol. The molecule has 1 aromatic rings. The molecule has 0 radical (unpaired) electrons. The zero-order chi connectivity index (χ0) is 9.84. The first kappa shape index (κ1) is 9.57. The summed E-state index contributed by atoms with van der Waals surface area (Å²) in [4.78, 5) is 14.4. The maximum Gasteiger partial charge on any atom is 0.315 e. The first-order valence-electron chi connectivity index (χ1n) is 3.62. The van der Waals surface area contributed by atoms with Gasteiger partial charge in [0.2, 0.25) is 0 Å². The van der Waals surface area contributed by atoms with Crippen LogP contribution in [0.2, 0.25) is 0 Å². The zero-order valence-electron chi connectivity index (χ0n) is 6.92. The molecule has 0 saturated heterocycles. The largest absolute Gasteiger partial charge is 0.315 e. The Morgan fingerprint density at radius 2 is 2.23 bits per heavy atom. The summed E-state index contributed by atoms with van der Waals surface area (Å²) in [5, 5.41) is 1.98. The van der Waals surface area contributed by atoms with E-state index in [-0.39, 0.29) is 5.82 Å². The Balaban J connectivity index is 2.69.